The van der Waals surface area contributed by atoms with Gasteiger partial charge in [-0.3, -0.25) is 9.69 Å². The van der Waals surface area contributed by atoms with Crippen molar-refractivity contribution in [2.45, 2.75) is 63.2 Å². The van der Waals surface area contributed by atoms with E-state index in [1.165, 1.54) is 22.8 Å². The molecule has 1 saturated carbocycles. The fraction of sp³-hybridized carbons (Fsp3) is 0.484. The summed E-state index contributed by atoms with van der Waals surface area (Å²) in [5.41, 5.74) is -0.0131. The topological polar surface area (TPSA) is 78.1 Å². The number of anilines is 1. The minimum atomic E-state index is -4.73. The molecule has 43 heavy (non-hydrogen) atoms. The Balaban J connectivity index is 1.31. The van der Waals surface area contributed by atoms with Crippen molar-refractivity contribution in [1.82, 2.24) is 19.7 Å². The van der Waals surface area contributed by atoms with Crippen molar-refractivity contribution in [2.24, 2.45) is 18.9 Å². The van der Waals surface area contributed by atoms with Crippen LogP contribution in [0.15, 0.2) is 42.7 Å². The van der Waals surface area contributed by atoms with Crippen LogP contribution in [-0.4, -0.2) is 44.6 Å². The molecule has 226 valence electrons. The molecule has 7 nitrogen and oxygen atoms in total. The monoisotopic (exact) mass is 598 g/mol. The van der Waals surface area contributed by atoms with Crippen LogP contribution in [0.2, 0.25) is 0 Å². The molecule has 1 amide bonds. The van der Waals surface area contributed by atoms with Crippen LogP contribution in [0.3, 0.4) is 0 Å². The molecule has 3 aliphatic rings. The second kappa shape index (κ2) is 10.4. The number of rotatable bonds is 6. The largest absolute Gasteiger partial charge is 0.416 e. The van der Waals surface area contributed by atoms with Gasteiger partial charge in [0.2, 0.25) is 0 Å². The molecule has 1 unspecified atom stereocenters. The number of nitriles is 1. The number of aryl methyl sites for hydroxylation is 1. The smallest absolute Gasteiger partial charge is 0.321 e. The molecule has 1 atom stereocenters. The van der Waals surface area contributed by atoms with Crippen LogP contribution in [0, 0.1) is 23.2 Å². The molecule has 1 aliphatic carbocycles. The van der Waals surface area contributed by atoms with Gasteiger partial charge in [0.1, 0.15) is 12.2 Å². The number of nitrogens with zero attached hydrogens (tertiary/aromatic N) is 6. The van der Waals surface area contributed by atoms with Gasteiger partial charge in [0.25, 0.3) is 11.8 Å². The van der Waals surface area contributed by atoms with E-state index in [4.69, 9.17) is 0 Å². The van der Waals surface area contributed by atoms with E-state index in [2.05, 4.69) is 16.3 Å². The van der Waals surface area contributed by atoms with Gasteiger partial charge >= 0.3 is 6.18 Å². The van der Waals surface area contributed by atoms with Gasteiger partial charge < -0.3 is 9.47 Å². The average molecular weight is 599 g/mol. The molecule has 2 aromatic carbocycles. The van der Waals surface area contributed by atoms with Gasteiger partial charge in [-0.25, -0.2) is 8.78 Å². The van der Waals surface area contributed by atoms with Crippen molar-refractivity contribution >= 4 is 11.6 Å². The molecule has 2 aliphatic heterocycles. The molecule has 0 bridgehead atoms. The highest BCUT2D eigenvalue weighted by Crippen LogP contribution is 2.50. The zero-order valence-electron chi connectivity index (χ0n) is 23.8. The summed E-state index contributed by atoms with van der Waals surface area (Å²) < 4.78 is 73.4. The Kier molecular flexibility index (Phi) is 7.07. The Bertz CT molecular complexity index is 1600. The van der Waals surface area contributed by atoms with Gasteiger partial charge in [-0.2, -0.15) is 18.4 Å². The van der Waals surface area contributed by atoms with Crippen molar-refractivity contribution in [3.05, 3.63) is 76.4 Å². The van der Waals surface area contributed by atoms with Crippen molar-refractivity contribution in [3.63, 3.8) is 0 Å². The van der Waals surface area contributed by atoms with Gasteiger partial charge in [-0.1, -0.05) is 19.1 Å². The molecule has 2 fully saturated rings. The van der Waals surface area contributed by atoms with E-state index in [1.807, 2.05) is 23.7 Å². The molecule has 1 aromatic heterocycles. The summed E-state index contributed by atoms with van der Waals surface area (Å²) in [5.74, 6) is -3.69. The lowest BCUT2D eigenvalue weighted by Crippen LogP contribution is -2.47. The molecule has 12 heteroatoms. The summed E-state index contributed by atoms with van der Waals surface area (Å²) in [6, 6.07) is 11.9. The third-order valence-corrected chi connectivity index (χ3v) is 9.38. The van der Waals surface area contributed by atoms with Crippen LogP contribution >= 0.6 is 0 Å². The predicted molar refractivity (Wildman–Crippen MR) is 147 cm³/mol. The lowest BCUT2D eigenvalue weighted by atomic mass is 9.57. The second-order valence-corrected chi connectivity index (χ2v) is 12.3. The number of amides is 1. The summed E-state index contributed by atoms with van der Waals surface area (Å²) in [4.78, 5) is 16.5. The highest BCUT2D eigenvalue weighted by atomic mass is 19.4. The third kappa shape index (κ3) is 5.28. The van der Waals surface area contributed by atoms with Crippen molar-refractivity contribution in [1.29, 1.82) is 5.26 Å². The molecule has 3 heterocycles. The number of piperidine rings is 1. The van der Waals surface area contributed by atoms with Crippen LogP contribution < -0.4 is 4.90 Å². The highest BCUT2D eigenvalue weighted by molar-refractivity contribution is 6.10. The van der Waals surface area contributed by atoms with E-state index in [0.717, 1.165) is 17.5 Å². The van der Waals surface area contributed by atoms with Crippen LogP contribution in [0.1, 0.15) is 64.6 Å². The summed E-state index contributed by atoms with van der Waals surface area (Å²) in [7, 11) is 1.84. The number of hydrogen-bond donors (Lipinski definition) is 0. The first kappa shape index (κ1) is 29.2. The molecule has 1 saturated heterocycles. The summed E-state index contributed by atoms with van der Waals surface area (Å²) in [6.45, 7) is 0.906. The fourth-order valence-corrected chi connectivity index (χ4v) is 6.77. The van der Waals surface area contributed by atoms with E-state index in [-0.39, 0.29) is 42.1 Å². The lowest BCUT2D eigenvalue weighted by Gasteiger charge is -2.45. The average Bonchev–Trinajstić information content (AvgIpc) is 3.49. The van der Waals surface area contributed by atoms with Gasteiger partial charge in [-0.15, -0.1) is 10.2 Å². The molecule has 3 aromatic rings. The van der Waals surface area contributed by atoms with E-state index in [0.29, 0.717) is 31.5 Å². The summed E-state index contributed by atoms with van der Waals surface area (Å²) in [6.07, 6.45) is -1.19. The summed E-state index contributed by atoms with van der Waals surface area (Å²) in [5, 5.41) is 17.7. The van der Waals surface area contributed by atoms with E-state index in [9.17, 15) is 32.0 Å². The zero-order chi connectivity index (χ0) is 30.7. The van der Waals surface area contributed by atoms with Crippen LogP contribution in [0.25, 0.3) is 0 Å². The first-order valence-corrected chi connectivity index (χ1v) is 14.3. The molecule has 6 rings (SSSR count). The van der Waals surface area contributed by atoms with Crippen molar-refractivity contribution in [3.8, 4) is 6.07 Å². The second-order valence-electron chi connectivity index (χ2n) is 12.3. The maximum Gasteiger partial charge on any atom is 0.416 e. The maximum atomic E-state index is 14.3. The Labute approximate surface area is 245 Å². The highest BCUT2D eigenvalue weighted by Gasteiger charge is 2.47. The van der Waals surface area contributed by atoms with Gasteiger partial charge in [0.15, 0.2) is 0 Å². The van der Waals surface area contributed by atoms with E-state index >= 15 is 0 Å². The number of carbonyl (C=O) groups excluding carboxylic acids is 1. The number of carbonyl (C=O) groups is 1. The fourth-order valence-electron chi connectivity index (χ4n) is 6.77. The van der Waals surface area contributed by atoms with Crippen molar-refractivity contribution < 1.29 is 26.7 Å². The van der Waals surface area contributed by atoms with Crippen LogP contribution in [-0.2, 0) is 38.1 Å². The van der Waals surface area contributed by atoms with Crippen molar-refractivity contribution in [2.75, 3.05) is 18.0 Å². The Morgan fingerprint density at radius 1 is 1.16 bits per heavy atom. The molecule has 0 radical (unpaired) electrons. The number of alkyl halides is 5. The Hall–Kier alpha value is -3.85. The van der Waals surface area contributed by atoms with Gasteiger partial charge in [0.05, 0.1) is 24.7 Å². The molecule has 0 N–H and O–H groups in total. The lowest BCUT2D eigenvalue weighted by molar-refractivity contribution is -0.138. The van der Waals surface area contributed by atoms with Gasteiger partial charge in [-0.05, 0) is 66.8 Å². The zero-order valence-corrected chi connectivity index (χ0v) is 23.8. The molecular formula is C31H31F5N6O. The first-order valence-electron chi connectivity index (χ1n) is 14.3. The number of aromatic nitrogens is 3. The van der Waals surface area contributed by atoms with Gasteiger partial charge in [0, 0.05) is 48.5 Å². The molecule has 0 spiro atoms. The minimum Gasteiger partial charge on any atom is -0.321 e. The predicted octanol–water partition coefficient (Wildman–Crippen LogP) is 5.89. The number of fused-ring (bicyclic) bond motifs is 1. The maximum absolute atomic E-state index is 14.3. The van der Waals surface area contributed by atoms with Crippen LogP contribution in [0.5, 0.6) is 0 Å². The minimum absolute atomic E-state index is 0.0608. The number of hydrogen-bond acceptors (Lipinski definition) is 5. The Morgan fingerprint density at radius 2 is 1.93 bits per heavy atom. The number of halogens is 5. The number of benzene rings is 2. The number of likely N-dealkylation sites (tertiary alicyclic amines) is 1. The SMILES string of the molecule is CC1CCN(Cc2cc3c(c(C(F)(F)F)c2)CN(c2cccc([C@]4(Cc5nncn5C)C[C@@H](C#N)C4)c2)C3=O)CC1(F)F. The first-order chi connectivity index (χ1) is 20.3. The summed E-state index contributed by atoms with van der Waals surface area (Å²) >= 11 is 0. The quantitative estimate of drug-likeness (QED) is 0.331. The third-order valence-electron chi connectivity index (χ3n) is 9.38. The standard InChI is InChI=1S/C31H31F5N6O/c1-19-6-7-41(17-30(19,32)33)15-20-8-24-25(26(9-20)31(34,35)36)16-42(28(24)43)23-5-3-4-22(10-23)29(11-21(12-29)14-37)13-27-39-38-18-40(27)2/h3-5,8-10,18-19,21H,6-7,11-13,15-17H2,1-2H3/t19?,21-,29-. The van der Waals surface area contributed by atoms with E-state index in [1.54, 1.807) is 18.5 Å². The molecular weight excluding hydrogens is 567 g/mol. The van der Waals surface area contributed by atoms with Crippen LogP contribution in [0.4, 0.5) is 27.6 Å². The van der Waals surface area contributed by atoms with E-state index < -0.39 is 41.4 Å². The normalized spacial score (nSPS) is 25.3. The Morgan fingerprint density at radius 3 is 2.58 bits per heavy atom.